The SMILES string of the molecule is CS(=O)(=O)NCCCNC(=O)c1cccc([N+](=O)[O-])c1Br. The molecule has 0 saturated heterocycles. The first kappa shape index (κ1) is 17.5. The van der Waals surface area contributed by atoms with E-state index >= 15 is 0 Å². The van der Waals surface area contributed by atoms with Gasteiger partial charge < -0.3 is 5.32 Å². The number of carbonyl (C=O) groups is 1. The van der Waals surface area contributed by atoms with Gasteiger partial charge in [0, 0.05) is 19.2 Å². The summed E-state index contributed by atoms with van der Waals surface area (Å²) < 4.78 is 24.1. The molecule has 0 aliphatic carbocycles. The molecule has 0 aliphatic heterocycles. The van der Waals surface area contributed by atoms with Gasteiger partial charge in [-0.3, -0.25) is 14.9 Å². The summed E-state index contributed by atoms with van der Waals surface area (Å²) in [5.41, 5.74) is -0.0401. The quantitative estimate of drug-likeness (QED) is 0.416. The van der Waals surface area contributed by atoms with Gasteiger partial charge in [-0.15, -0.1) is 0 Å². The molecule has 0 aromatic heterocycles. The van der Waals surface area contributed by atoms with E-state index in [-0.39, 0.29) is 28.8 Å². The number of hydrogen-bond acceptors (Lipinski definition) is 5. The smallest absolute Gasteiger partial charge is 0.284 e. The molecular formula is C11H14BrN3O5S. The highest BCUT2D eigenvalue weighted by Crippen LogP contribution is 2.28. The van der Waals surface area contributed by atoms with Crippen molar-refractivity contribution in [1.29, 1.82) is 0 Å². The lowest BCUT2D eigenvalue weighted by Gasteiger charge is -2.07. The van der Waals surface area contributed by atoms with Crippen LogP contribution in [0.3, 0.4) is 0 Å². The fourth-order valence-electron chi connectivity index (χ4n) is 1.48. The second kappa shape index (κ2) is 7.48. The van der Waals surface area contributed by atoms with Crippen LogP contribution in [0.4, 0.5) is 5.69 Å². The minimum absolute atomic E-state index is 0.113. The number of nitrogens with zero attached hydrogens (tertiary/aromatic N) is 1. The Hall–Kier alpha value is -1.52. The Labute approximate surface area is 130 Å². The fourth-order valence-corrected chi connectivity index (χ4v) is 2.58. The predicted octanol–water partition coefficient (Wildman–Crippen LogP) is 1.03. The standard InChI is InChI=1S/C11H14BrN3O5S/c1-21(19,20)14-7-3-6-13-11(16)8-4-2-5-9(10(8)12)15(17)18/h2,4-5,14H,3,6-7H2,1H3,(H,13,16). The molecule has 21 heavy (non-hydrogen) atoms. The number of rotatable bonds is 7. The van der Waals surface area contributed by atoms with Gasteiger partial charge in [0.2, 0.25) is 10.0 Å². The van der Waals surface area contributed by atoms with Crippen molar-refractivity contribution in [3.8, 4) is 0 Å². The Kier molecular flexibility index (Phi) is 6.24. The van der Waals surface area contributed by atoms with E-state index in [1.165, 1.54) is 18.2 Å². The number of benzene rings is 1. The van der Waals surface area contributed by atoms with Crippen molar-refractivity contribution in [1.82, 2.24) is 10.0 Å². The van der Waals surface area contributed by atoms with E-state index in [9.17, 15) is 23.3 Å². The number of nitro groups is 1. The molecule has 8 nitrogen and oxygen atoms in total. The summed E-state index contributed by atoms with van der Waals surface area (Å²) in [6.45, 7) is 0.450. The van der Waals surface area contributed by atoms with Crippen LogP contribution in [0.15, 0.2) is 22.7 Å². The minimum Gasteiger partial charge on any atom is -0.352 e. The van der Waals surface area contributed by atoms with Crippen molar-refractivity contribution < 1.29 is 18.1 Å². The third-order valence-corrected chi connectivity index (χ3v) is 3.98. The third-order valence-electron chi connectivity index (χ3n) is 2.42. The fraction of sp³-hybridized carbons (Fsp3) is 0.364. The van der Waals surface area contributed by atoms with E-state index in [2.05, 4.69) is 26.0 Å². The summed E-state index contributed by atoms with van der Waals surface area (Å²) in [7, 11) is -3.24. The number of hydrogen-bond donors (Lipinski definition) is 2. The van der Waals surface area contributed by atoms with E-state index in [1.807, 2.05) is 0 Å². The maximum absolute atomic E-state index is 11.9. The molecule has 0 aliphatic rings. The van der Waals surface area contributed by atoms with Gasteiger partial charge in [0.05, 0.1) is 16.7 Å². The first-order valence-electron chi connectivity index (χ1n) is 5.88. The van der Waals surface area contributed by atoms with Gasteiger partial charge in [0.25, 0.3) is 11.6 Å². The minimum atomic E-state index is -3.24. The van der Waals surface area contributed by atoms with Crippen molar-refractivity contribution >= 4 is 37.5 Å². The molecule has 2 N–H and O–H groups in total. The van der Waals surface area contributed by atoms with Gasteiger partial charge in [-0.2, -0.15) is 0 Å². The van der Waals surface area contributed by atoms with Gasteiger partial charge in [-0.05, 0) is 28.4 Å². The first-order valence-corrected chi connectivity index (χ1v) is 8.56. The zero-order valence-electron chi connectivity index (χ0n) is 11.1. The van der Waals surface area contributed by atoms with E-state index in [4.69, 9.17) is 0 Å². The van der Waals surface area contributed by atoms with E-state index < -0.39 is 20.9 Å². The van der Waals surface area contributed by atoms with Crippen molar-refractivity contribution in [2.24, 2.45) is 0 Å². The topological polar surface area (TPSA) is 118 Å². The number of amides is 1. The molecule has 116 valence electrons. The van der Waals surface area contributed by atoms with Crippen LogP contribution in [0.1, 0.15) is 16.8 Å². The van der Waals surface area contributed by atoms with Gasteiger partial charge in [0.15, 0.2) is 0 Å². The second-order valence-corrected chi connectivity index (χ2v) is 6.80. The molecule has 1 rings (SSSR count). The van der Waals surface area contributed by atoms with E-state index in [1.54, 1.807) is 0 Å². The normalized spacial score (nSPS) is 11.1. The van der Waals surface area contributed by atoms with E-state index in [0.29, 0.717) is 6.42 Å². The molecule has 0 bridgehead atoms. The average Bonchev–Trinajstić information content (AvgIpc) is 2.36. The molecule has 0 heterocycles. The Morgan fingerprint density at radius 3 is 2.62 bits per heavy atom. The molecule has 1 aromatic carbocycles. The van der Waals surface area contributed by atoms with Crippen LogP contribution in [0, 0.1) is 10.1 Å². The van der Waals surface area contributed by atoms with Gasteiger partial charge in [-0.25, -0.2) is 13.1 Å². The third kappa shape index (κ3) is 5.78. The van der Waals surface area contributed by atoms with Crippen molar-refractivity contribution in [2.75, 3.05) is 19.3 Å². The Balaban J connectivity index is 2.57. The van der Waals surface area contributed by atoms with E-state index in [0.717, 1.165) is 6.26 Å². The molecule has 0 unspecified atom stereocenters. The monoisotopic (exact) mass is 379 g/mol. The van der Waals surface area contributed by atoms with Crippen molar-refractivity contribution in [2.45, 2.75) is 6.42 Å². The number of carbonyl (C=O) groups excluding carboxylic acids is 1. The maximum atomic E-state index is 11.9. The Bertz CT molecular complexity index is 647. The average molecular weight is 380 g/mol. The molecule has 10 heteroatoms. The highest BCUT2D eigenvalue weighted by atomic mass is 79.9. The summed E-state index contributed by atoms with van der Waals surface area (Å²) in [5, 5.41) is 13.3. The summed E-state index contributed by atoms with van der Waals surface area (Å²) in [6.07, 6.45) is 1.46. The summed E-state index contributed by atoms with van der Waals surface area (Å²) in [4.78, 5) is 22.1. The maximum Gasteiger partial charge on any atom is 0.284 e. The second-order valence-electron chi connectivity index (χ2n) is 4.17. The van der Waals surface area contributed by atoms with Crippen molar-refractivity contribution in [3.63, 3.8) is 0 Å². The molecule has 0 saturated carbocycles. The van der Waals surface area contributed by atoms with Crippen LogP contribution in [0.2, 0.25) is 0 Å². The predicted molar refractivity (Wildman–Crippen MR) is 80.6 cm³/mol. The van der Waals surface area contributed by atoms with Crippen LogP contribution in [0.25, 0.3) is 0 Å². The number of nitrogens with one attached hydrogen (secondary N) is 2. The highest BCUT2D eigenvalue weighted by Gasteiger charge is 2.18. The zero-order valence-corrected chi connectivity index (χ0v) is 13.5. The molecule has 0 spiro atoms. The number of sulfonamides is 1. The molecule has 0 atom stereocenters. The lowest BCUT2D eigenvalue weighted by atomic mass is 10.2. The van der Waals surface area contributed by atoms with Gasteiger partial charge in [0.1, 0.15) is 4.47 Å². The Morgan fingerprint density at radius 2 is 2.05 bits per heavy atom. The molecular weight excluding hydrogens is 366 g/mol. The summed E-state index contributed by atoms with van der Waals surface area (Å²) in [5.74, 6) is -0.468. The van der Waals surface area contributed by atoms with Gasteiger partial charge in [-0.1, -0.05) is 6.07 Å². The Morgan fingerprint density at radius 1 is 1.38 bits per heavy atom. The molecule has 1 amide bonds. The summed E-state index contributed by atoms with van der Waals surface area (Å²) in [6, 6.07) is 4.17. The number of halogens is 1. The van der Waals surface area contributed by atoms with Crippen LogP contribution in [-0.4, -0.2) is 38.6 Å². The van der Waals surface area contributed by atoms with Crippen LogP contribution >= 0.6 is 15.9 Å². The van der Waals surface area contributed by atoms with Crippen molar-refractivity contribution in [3.05, 3.63) is 38.3 Å². The first-order chi connectivity index (χ1) is 9.72. The van der Waals surface area contributed by atoms with Crippen LogP contribution in [0.5, 0.6) is 0 Å². The lowest BCUT2D eigenvalue weighted by molar-refractivity contribution is -0.385. The molecule has 1 aromatic rings. The molecule has 0 radical (unpaired) electrons. The summed E-state index contributed by atoms with van der Waals surface area (Å²) >= 11 is 3.04. The van der Waals surface area contributed by atoms with Crippen LogP contribution < -0.4 is 10.0 Å². The highest BCUT2D eigenvalue weighted by molar-refractivity contribution is 9.10. The number of nitro benzene ring substituents is 1. The van der Waals surface area contributed by atoms with Gasteiger partial charge >= 0.3 is 0 Å². The zero-order chi connectivity index (χ0) is 16.0. The lowest BCUT2D eigenvalue weighted by Crippen LogP contribution is -2.29. The largest absolute Gasteiger partial charge is 0.352 e. The van der Waals surface area contributed by atoms with Crippen LogP contribution in [-0.2, 0) is 10.0 Å². The molecule has 0 fully saturated rings.